The summed E-state index contributed by atoms with van der Waals surface area (Å²) in [7, 11) is 0. The fourth-order valence-corrected chi connectivity index (χ4v) is 2.63. The lowest BCUT2D eigenvalue weighted by atomic mass is 10.2. The van der Waals surface area contributed by atoms with Gasteiger partial charge in [-0.2, -0.15) is 5.10 Å². The van der Waals surface area contributed by atoms with Crippen LogP contribution in [0.25, 0.3) is 0 Å². The largest absolute Gasteiger partial charge is 0.375 e. The number of aryl methyl sites for hydroxylation is 2. The first-order valence-electron chi connectivity index (χ1n) is 7.06. The molecule has 0 spiro atoms. The zero-order valence-electron chi connectivity index (χ0n) is 11.8. The van der Waals surface area contributed by atoms with Gasteiger partial charge in [-0.1, -0.05) is 33.1 Å². The van der Waals surface area contributed by atoms with Crippen molar-refractivity contribution < 1.29 is 4.74 Å². The zero-order chi connectivity index (χ0) is 13.4. The van der Waals surface area contributed by atoms with E-state index in [1.165, 1.54) is 25.0 Å². The van der Waals surface area contributed by atoms with Crippen LogP contribution in [0.15, 0.2) is 4.47 Å². The highest BCUT2D eigenvalue weighted by Gasteiger charge is 2.13. The van der Waals surface area contributed by atoms with Gasteiger partial charge >= 0.3 is 0 Å². The van der Waals surface area contributed by atoms with Gasteiger partial charge in [0.15, 0.2) is 0 Å². The Kier molecular flexibility index (Phi) is 7.59. The van der Waals surface area contributed by atoms with E-state index >= 15 is 0 Å². The number of unbranched alkanes of at least 4 members (excludes halogenated alkanes) is 3. The van der Waals surface area contributed by atoms with Crippen molar-refractivity contribution in [2.45, 2.75) is 66.0 Å². The van der Waals surface area contributed by atoms with E-state index in [0.29, 0.717) is 6.61 Å². The molecule has 0 aromatic carbocycles. The molecule has 0 aliphatic carbocycles. The van der Waals surface area contributed by atoms with E-state index in [9.17, 15) is 0 Å². The molecule has 0 aliphatic rings. The molecule has 0 aliphatic heterocycles. The molecule has 4 heteroatoms. The maximum absolute atomic E-state index is 5.76. The van der Waals surface area contributed by atoms with Gasteiger partial charge in [0.05, 0.1) is 22.5 Å². The van der Waals surface area contributed by atoms with Gasteiger partial charge < -0.3 is 4.74 Å². The predicted octanol–water partition coefficient (Wildman–Crippen LogP) is 4.32. The minimum atomic E-state index is 0.660. The minimum absolute atomic E-state index is 0.660. The number of aromatic nitrogens is 2. The molecule has 0 fully saturated rings. The molecule has 1 aromatic rings. The van der Waals surface area contributed by atoms with Gasteiger partial charge in [0, 0.05) is 13.2 Å². The topological polar surface area (TPSA) is 27.1 Å². The van der Waals surface area contributed by atoms with Crippen LogP contribution in [-0.2, 0) is 24.3 Å². The highest BCUT2D eigenvalue weighted by atomic mass is 79.9. The highest BCUT2D eigenvalue weighted by Crippen LogP contribution is 2.23. The third kappa shape index (κ3) is 4.39. The molecule has 1 aromatic heterocycles. The van der Waals surface area contributed by atoms with Crippen LogP contribution in [0.2, 0.25) is 0 Å². The van der Waals surface area contributed by atoms with Gasteiger partial charge in [-0.15, -0.1) is 0 Å². The van der Waals surface area contributed by atoms with Crippen LogP contribution >= 0.6 is 15.9 Å². The molecule has 0 atom stereocenters. The van der Waals surface area contributed by atoms with Gasteiger partial charge in [-0.25, -0.2) is 0 Å². The Labute approximate surface area is 119 Å². The molecule has 0 N–H and O–H groups in total. The lowest BCUT2D eigenvalue weighted by Crippen LogP contribution is -2.05. The first kappa shape index (κ1) is 15.7. The summed E-state index contributed by atoms with van der Waals surface area (Å²) in [6, 6.07) is 0. The molecule has 104 valence electrons. The van der Waals surface area contributed by atoms with Gasteiger partial charge in [0.25, 0.3) is 0 Å². The maximum Gasteiger partial charge on any atom is 0.0896 e. The van der Waals surface area contributed by atoms with E-state index in [1.54, 1.807) is 0 Å². The van der Waals surface area contributed by atoms with Gasteiger partial charge in [0.2, 0.25) is 0 Å². The van der Waals surface area contributed by atoms with Crippen molar-refractivity contribution in [3.8, 4) is 0 Å². The fourth-order valence-electron chi connectivity index (χ4n) is 1.95. The normalized spacial score (nSPS) is 11.1. The lowest BCUT2D eigenvalue weighted by Gasteiger charge is -2.07. The second kappa shape index (κ2) is 8.70. The molecule has 0 unspecified atom stereocenters. The zero-order valence-corrected chi connectivity index (χ0v) is 13.4. The van der Waals surface area contributed by atoms with Crippen LogP contribution < -0.4 is 0 Å². The molecular weight excluding hydrogens is 292 g/mol. The average Bonchev–Trinajstić information content (AvgIpc) is 2.70. The van der Waals surface area contributed by atoms with Crippen molar-refractivity contribution in [1.82, 2.24) is 9.78 Å². The number of hydrogen-bond acceptors (Lipinski definition) is 2. The van der Waals surface area contributed by atoms with E-state index in [4.69, 9.17) is 4.74 Å². The van der Waals surface area contributed by atoms with Crippen LogP contribution in [0.3, 0.4) is 0 Å². The first-order chi connectivity index (χ1) is 8.74. The fraction of sp³-hybridized carbons (Fsp3) is 0.786. The standard InChI is InChI=1S/C14H25BrN2O/c1-4-7-8-9-10-18-11-13-14(15)12(5-2)16-17(13)6-3/h4-11H2,1-3H3. The summed E-state index contributed by atoms with van der Waals surface area (Å²) in [4.78, 5) is 0. The van der Waals surface area contributed by atoms with Crippen molar-refractivity contribution in [2.24, 2.45) is 0 Å². The summed E-state index contributed by atoms with van der Waals surface area (Å²) in [5.74, 6) is 0. The first-order valence-corrected chi connectivity index (χ1v) is 7.85. The van der Waals surface area contributed by atoms with Gasteiger partial charge in [-0.3, -0.25) is 4.68 Å². The third-order valence-corrected chi connectivity index (χ3v) is 3.99. The summed E-state index contributed by atoms with van der Waals surface area (Å²) in [6.45, 7) is 8.87. The lowest BCUT2D eigenvalue weighted by molar-refractivity contribution is 0.111. The quantitative estimate of drug-likeness (QED) is 0.634. The monoisotopic (exact) mass is 316 g/mol. The number of ether oxygens (including phenoxy) is 1. The van der Waals surface area contributed by atoms with Crippen LogP contribution in [0.5, 0.6) is 0 Å². The van der Waals surface area contributed by atoms with Gasteiger partial charge in [0.1, 0.15) is 0 Å². The second-order valence-electron chi connectivity index (χ2n) is 4.49. The number of hydrogen-bond donors (Lipinski definition) is 0. The van der Waals surface area contributed by atoms with Crippen LogP contribution in [0.4, 0.5) is 0 Å². The predicted molar refractivity (Wildman–Crippen MR) is 78.8 cm³/mol. The summed E-state index contributed by atoms with van der Waals surface area (Å²) in [5, 5.41) is 4.56. The highest BCUT2D eigenvalue weighted by molar-refractivity contribution is 9.10. The number of nitrogens with zero attached hydrogens (tertiary/aromatic N) is 2. The molecule has 1 rings (SSSR count). The van der Waals surface area contributed by atoms with E-state index < -0.39 is 0 Å². The number of halogens is 1. The van der Waals surface area contributed by atoms with Crippen molar-refractivity contribution >= 4 is 15.9 Å². The minimum Gasteiger partial charge on any atom is -0.375 e. The van der Waals surface area contributed by atoms with E-state index in [2.05, 4.69) is 41.8 Å². The summed E-state index contributed by atoms with van der Waals surface area (Å²) in [6.07, 6.45) is 5.96. The molecule has 0 amide bonds. The molecule has 0 radical (unpaired) electrons. The molecule has 0 saturated carbocycles. The van der Waals surface area contributed by atoms with Crippen molar-refractivity contribution in [2.75, 3.05) is 6.61 Å². The van der Waals surface area contributed by atoms with Crippen molar-refractivity contribution in [3.05, 3.63) is 15.9 Å². The molecule has 3 nitrogen and oxygen atoms in total. The smallest absolute Gasteiger partial charge is 0.0896 e. The molecule has 0 bridgehead atoms. The summed E-state index contributed by atoms with van der Waals surface area (Å²) >= 11 is 3.63. The Hall–Kier alpha value is -0.350. The van der Waals surface area contributed by atoms with Crippen LogP contribution in [0, 0.1) is 0 Å². The molecule has 18 heavy (non-hydrogen) atoms. The van der Waals surface area contributed by atoms with Crippen LogP contribution in [-0.4, -0.2) is 16.4 Å². The molecule has 1 heterocycles. The Bertz CT molecular complexity index is 350. The Morgan fingerprint density at radius 3 is 2.56 bits per heavy atom. The Morgan fingerprint density at radius 1 is 1.17 bits per heavy atom. The average molecular weight is 317 g/mol. The SMILES string of the molecule is CCCCCCOCc1c(Br)c(CC)nn1CC. The van der Waals surface area contributed by atoms with Crippen LogP contribution in [0.1, 0.15) is 57.8 Å². The summed E-state index contributed by atoms with van der Waals surface area (Å²) < 4.78 is 8.92. The summed E-state index contributed by atoms with van der Waals surface area (Å²) in [5.41, 5.74) is 2.30. The van der Waals surface area contributed by atoms with E-state index in [0.717, 1.165) is 36.2 Å². The van der Waals surface area contributed by atoms with Gasteiger partial charge in [-0.05, 0) is 35.7 Å². The Balaban J connectivity index is 2.43. The van der Waals surface area contributed by atoms with Crippen molar-refractivity contribution in [3.63, 3.8) is 0 Å². The van der Waals surface area contributed by atoms with Crippen molar-refractivity contribution in [1.29, 1.82) is 0 Å². The number of rotatable bonds is 9. The maximum atomic E-state index is 5.76. The third-order valence-electron chi connectivity index (χ3n) is 3.08. The van der Waals surface area contributed by atoms with E-state index in [1.807, 2.05) is 4.68 Å². The molecule has 0 saturated heterocycles. The Morgan fingerprint density at radius 2 is 1.94 bits per heavy atom. The second-order valence-corrected chi connectivity index (χ2v) is 5.28. The molecular formula is C14H25BrN2O. The van der Waals surface area contributed by atoms with E-state index in [-0.39, 0.29) is 0 Å².